The molecule has 4 nitrogen and oxygen atoms in total. The Morgan fingerprint density at radius 3 is 3.28 bits per heavy atom. The Bertz CT molecular complexity index is 560. The number of rotatable bonds is 2. The fourth-order valence-corrected chi connectivity index (χ4v) is 3.17. The van der Waals surface area contributed by atoms with Crippen LogP contribution in [-0.4, -0.2) is 30.0 Å². The summed E-state index contributed by atoms with van der Waals surface area (Å²) in [5.74, 6) is -0.00995. The van der Waals surface area contributed by atoms with Crippen LogP contribution in [0.25, 0.3) is 10.1 Å². The van der Waals surface area contributed by atoms with Gasteiger partial charge in [0.25, 0.3) is 5.91 Å². The summed E-state index contributed by atoms with van der Waals surface area (Å²) in [6, 6.07) is 2.23. The molecule has 5 heteroatoms. The Balaban J connectivity index is 1.81. The van der Waals surface area contributed by atoms with E-state index in [4.69, 9.17) is 0 Å². The highest BCUT2D eigenvalue weighted by atomic mass is 32.1. The van der Waals surface area contributed by atoms with Gasteiger partial charge in [0.05, 0.1) is 10.3 Å². The van der Waals surface area contributed by atoms with E-state index in [0.29, 0.717) is 5.56 Å². The molecule has 0 aliphatic carbocycles. The van der Waals surface area contributed by atoms with Crippen molar-refractivity contribution in [3.63, 3.8) is 0 Å². The van der Waals surface area contributed by atoms with Crippen molar-refractivity contribution in [2.75, 3.05) is 13.1 Å². The Morgan fingerprint density at radius 2 is 2.44 bits per heavy atom. The first-order chi connectivity index (χ1) is 8.84. The van der Waals surface area contributed by atoms with Gasteiger partial charge in [-0.05, 0) is 30.8 Å². The van der Waals surface area contributed by atoms with Crippen molar-refractivity contribution in [1.29, 1.82) is 0 Å². The number of thiophene rings is 1. The maximum absolute atomic E-state index is 12.3. The highest BCUT2D eigenvalue weighted by Crippen LogP contribution is 2.23. The first kappa shape index (κ1) is 11.6. The highest BCUT2D eigenvalue weighted by molar-refractivity contribution is 7.17. The maximum Gasteiger partial charge on any atom is 0.254 e. The number of pyridine rings is 1. The zero-order valence-corrected chi connectivity index (χ0v) is 10.8. The van der Waals surface area contributed by atoms with Crippen LogP contribution in [0.1, 0.15) is 23.2 Å². The Hall–Kier alpha value is -1.46. The second kappa shape index (κ2) is 5.04. The molecule has 0 spiro atoms. The van der Waals surface area contributed by atoms with Crippen LogP contribution in [-0.2, 0) is 0 Å². The van der Waals surface area contributed by atoms with Gasteiger partial charge in [0.1, 0.15) is 0 Å². The largest absolute Gasteiger partial charge is 0.348 e. The lowest BCUT2D eigenvalue weighted by atomic mass is 10.1. The van der Waals surface area contributed by atoms with E-state index in [1.54, 1.807) is 23.7 Å². The van der Waals surface area contributed by atoms with E-state index in [1.807, 2.05) is 11.4 Å². The zero-order valence-electron chi connectivity index (χ0n) is 9.98. The van der Waals surface area contributed by atoms with Crippen LogP contribution in [0.4, 0.5) is 0 Å². The summed E-state index contributed by atoms with van der Waals surface area (Å²) in [4.78, 5) is 16.4. The average molecular weight is 261 g/mol. The standard InChI is InChI=1S/C13H15N3OS/c17-13(16-10-2-1-4-14-7-10)11-8-15-6-9-3-5-18-12(9)11/h3,5-6,8,10,14H,1-2,4,7H2,(H,16,17)/t10-/m1/s1. The lowest BCUT2D eigenvalue weighted by molar-refractivity contribution is 0.0932. The van der Waals surface area contributed by atoms with Crippen LogP contribution in [0, 0.1) is 0 Å². The van der Waals surface area contributed by atoms with Crippen molar-refractivity contribution in [1.82, 2.24) is 15.6 Å². The van der Waals surface area contributed by atoms with Crippen molar-refractivity contribution in [3.8, 4) is 0 Å². The normalized spacial score (nSPS) is 19.9. The SMILES string of the molecule is O=C(N[C@@H]1CCCNC1)c1cncc2ccsc12. The highest BCUT2D eigenvalue weighted by Gasteiger charge is 2.18. The Morgan fingerprint density at radius 1 is 1.50 bits per heavy atom. The van der Waals surface area contributed by atoms with E-state index >= 15 is 0 Å². The molecule has 1 atom stereocenters. The fraction of sp³-hybridized carbons (Fsp3) is 0.385. The molecule has 1 amide bonds. The molecule has 18 heavy (non-hydrogen) atoms. The topological polar surface area (TPSA) is 54.0 Å². The molecule has 0 aromatic carbocycles. The summed E-state index contributed by atoms with van der Waals surface area (Å²) < 4.78 is 1.02. The third-order valence-corrected chi connectivity index (χ3v) is 4.20. The number of piperidine rings is 1. The number of fused-ring (bicyclic) bond motifs is 1. The van der Waals surface area contributed by atoms with Gasteiger partial charge in [0.2, 0.25) is 0 Å². The minimum atomic E-state index is -0.00995. The molecule has 1 fully saturated rings. The van der Waals surface area contributed by atoms with Crippen LogP contribution in [0.2, 0.25) is 0 Å². The van der Waals surface area contributed by atoms with E-state index in [9.17, 15) is 4.79 Å². The number of nitrogens with zero attached hydrogens (tertiary/aromatic N) is 1. The molecule has 3 heterocycles. The molecule has 2 N–H and O–H groups in total. The molecule has 1 saturated heterocycles. The number of aromatic nitrogens is 1. The number of amides is 1. The number of hydrogen-bond acceptors (Lipinski definition) is 4. The van der Waals surface area contributed by atoms with Gasteiger partial charge < -0.3 is 10.6 Å². The van der Waals surface area contributed by atoms with Crippen molar-refractivity contribution in [3.05, 3.63) is 29.4 Å². The van der Waals surface area contributed by atoms with E-state index in [2.05, 4.69) is 15.6 Å². The van der Waals surface area contributed by atoms with Gasteiger partial charge in [0.15, 0.2) is 0 Å². The second-order valence-electron chi connectivity index (χ2n) is 4.54. The van der Waals surface area contributed by atoms with Crippen LogP contribution in [0.3, 0.4) is 0 Å². The fourth-order valence-electron chi connectivity index (χ4n) is 2.29. The molecule has 0 radical (unpaired) electrons. The van der Waals surface area contributed by atoms with Gasteiger partial charge in [-0.15, -0.1) is 11.3 Å². The van der Waals surface area contributed by atoms with Crippen LogP contribution >= 0.6 is 11.3 Å². The first-order valence-electron chi connectivity index (χ1n) is 6.17. The molecule has 0 unspecified atom stereocenters. The van der Waals surface area contributed by atoms with E-state index in [0.717, 1.165) is 36.0 Å². The number of hydrogen-bond donors (Lipinski definition) is 2. The van der Waals surface area contributed by atoms with Gasteiger partial charge in [-0.25, -0.2) is 0 Å². The third-order valence-electron chi connectivity index (χ3n) is 3.23. The van der Waals surface area contributed by atoms with Crippen LogP contribution in [0.15, 0.2) is 23.8 Å². The lowest BCUT2D eigenvalue weighted by Crippen LogP contribution is -2.45. The predicted molar refractivity (Wildman–Crippen MR) is 73.0 cm³/mol. The summed E-state index contributed by atoms with van der Waals surface area (Å²) in [7, 11) is 0. The molecule has 3 rings (SSSR count). The molecule has 0 bridgehead atoms. The molecular weight excluding hydrogens is 246 g/mol. The minimum absolute atomic E-state index is 0.00995. The molecule has 1 aliphatic heterocycles. The third kappa shape index (κ3) is 2.23. The summed E-state index contributed by atoms with van der Waals surface area (Å²) in [6.45, 7) is 1.91. The van der Waals surface area contributed by atoms with Crippen molar-refractivity contribution in [2.24, 2.45) is 0 Å². The summed E-state index contributed by atoms with van der Waals surface area (Å²) in [5, 5.41) is 9.41. The van der Waals surface area contributed by atoms with Gasteiger partial charge in [0, 0.05) is 30.4 Å². The quantitative estimate of drug-likeness (QED) is 0.866. The van der Waals surface area contributed by atoms with Crippen LogP contribution < -0.4 is 10.6 Å². The number of nitrogens with one attached hydrogen (secondary N) is 2. The zero-order chi connectivity index (χ0) is 12.4. The predicted octanol–water partition coefficient (Wildman–Crippen LogP) is 1.78. The monoisotopic (exact) mass is 261 g/mol. The lowest BCUT2D eigenvalue weighted by Gasteiger charge is -2.23. The van der Waals surface area contributed by atoms with Gasteiger partial charge in [-0.3, -0.25) is 9.78 Å². The van der Waals surface area contributed by atoms with Crippen molar-refractivity contribution >= 4 is 27.3 Å². The summed E-state index contributed by atoms with van der Waals surface area (Å²) in [5.41, 5.74) is 0.688. The van der Waals surface area contributed by atoms with Crippen molar-refractivity contribution in [2.45, 2.75) is 18.9 Å². The van der Waals surface area contributed by atoms with E-state index in [-0.39, 0.29) is 11.9 Å². The maximum atomic E-state index is 12.3. The van der Waals surface area contributed by atoms with Gasteiger partial charge >= 0.3 is 0 Å². The van der Waals surface area contributed by atoms with E-state index in [1.165, 1.54) is 0 Å². The van der Waals surface area contributed by atoms with Crippen LogP contribution in [0.5, 0.6) is 0 Å². The smallest absolute Gasteiger partial charge is 0.254 e. The Labute approximate surface area is 109 Å². The molecule has 2 aromatic heterocycles. The molecule has 94 valence electrons. The molecule has 0 saturated carbocycles. The summed E-state index contributed by atoms with van der Waals surface area (Å²) >= 11 is 1.59. The second-order valence-corrected chi connectivity index (χ2v) is 5.46. The number of carbonyl (C=O) groups is 1. The molecule has 2 aromatic rings. The summed E-state index contributed by atoms with van der Waals surface area (Å²) in [6.07, 6.45) is 5.62. The van der Waals surface area contributed by atoms with Crippen molar-refractivity contribution < 1.29 is 4.79 Å². The van der Waals surface area contributed by atoms with Gasteiger partial charge in [-0.2, -0.15) is 0 Å². The minimum Gasteiger partial charge on any atom is -0.348 e. The Kier molecular flexibility index (Phi) is 3.25. The number of carbonyl (C=O) groups excluding carboxylic acids is 1. The molecule has 1 aliphatic rings. The van der Waals surface area contributed by atoms with E-state index < -0.39 is 0 Å². The average Bonchev–Trinajstić information content (AvgIpc) is 2.87. The van der Waals surface area contributed by atoms with Gasteiger partial charge in [-0.1, -0.05) is 0 Å². The first-order valence-corrected chi connectivity index (χ1v) is 7.05. The molecular formula is C13H15N3OS.